The molecule has 2 aromatic rings. The minimum Gasteiger partial charge on any atom is -0.267 e. The summed E-state index contributed by atoms with van der Waals surface area (Å²) in [6.45, 7) is 1.72. The Morgan fingerprint density at radius 3 is 2.58 bits per heavy atom. The average molecular weight is 298 g/mol. The van der Waals surface area contributed by atoms with E-state index < -0.39 is 10.1 Å². The molecule has 4 nitrogen and oxygen atoms in total. The molecule has 1 aromatic carbocycles. The maximum Gasteiger partial charge on any atom is 0.297 e. The van der Waals surface area contributed by atoms with Crippen LogP contribution in [0.3, 0.4) is 0 Å². The molecule has 1 aromatic heterocycles. The molecule has 1 heterocycles. The highest BCUT2D eigenvalue weighted by atomic mass is 35.5. The average Bonchev–Trinajstić information content (AvgIpc) is 2.39. The summed E-state index contributed by atoms with van der Waals surface area (Å²) in [4.78, 5) is 4.08. The summed E-state index contributed by atoms with van der Waals surface area (Å²) >= 11 is 5.72. The molecule has 0 fully saturated rings. The van der Waals surface area contributed by atoms with Crippen molar-refractivity contribution in [3.8, 4) is 11.1 Å². The second-order valence-corrected chi connectivity index (χ2v) is 5.70. The number of benzene rings is 1. The van der Waals surface area contributed by atoms with Crippen molar-refractivity contribution >= 4 is 21.7 Å². The van der Waals surface area contributed by atoms with Gasteiger partial charge in [-0.1, -0.05) is 29.8 Å². The minimum atomic E-state index is -3.76. The van der Waals surface area contributed by atoms with Gasteiger partial charge in [-0.3, -0.25) is 4.18 Å². The molecule has 0 amide bonds. The largest absolute Gasteiger partial charge is 0.297 e. The maximum atomic E-state index is 12.0. The Hall–Kier alpha value is -1.43. The fraction of sp³-hybridized carbons (Fsp3) is 0.154. The first kappa shape index (κ1) is 14.0. The van der Waals surface area contributed by atoms with Crippen molar-refractivity contribution in [2.24, 2.45) is 0 Å². The molecule has 0 aliphatic carbocycles. The van der Waals surface area contributed by atoms with Gasteiger partial charge in [0, 0.05) is 17.3 Å². The van der Waals surface area contributed by atoms with E-state index in [1.807, 2.05) is 0 Å². The molecule has 0 aliphatic rings. The number of halogens is 1. The standard InChI is InChI=1S/C13H12ClNO3S/c1-2-18-19(16,17)12-6-4-3-5-11(12)10-7-8-13(14)15-9-10/h3-9H,2H2,1H3. The molecule has 0 bridgehead atoms. The van der Waals surface area contributed by atoms with Crippen LogP contribution < -0.4 is 0 Å². The third-order valence-corrected chi connectivity index (χ3v) is 4.13. The van der Waals surface area contributed by atoms with Crippen LogP contribution in [0.25, 0.3) is 11.1 Å². The lowest BCUT2D eigenvalue weighted by atomic mass is 10.1. The highest BCUT2D eigenvalue weighted by Gasteiger charge is 2.19. The van der Waals surface area contributed by atoms with E-state index in [4.69, 9.17) is 15.8 Å². The van der Waals surface area contributed by atoms with Gasteiger partial charge in [0.25, 0.3) is 10.1 Å². The number of pyridine rings is 1. The summed E-state index contributed by atoms with van der Waals surface area (Å²) in [5.41, 5.74) is 1.21. The van der Waals surface area contributed by atoms with E-state index in [2.05, 4.69) is 4.98 Å². The predicted molar refractivity (Wildman–Crippen MR) is 73.5 cm³/mol. The molecular formula is C13H12ClNO3S. The summed E-state index contributed by atoms with van der Waals surface area (Å²) in [6, 6.07) is 9.95. The Labute approximate surface area is 117 Å². The van der Waals surface area contributed by atoms with Crippen molar-refractivity contribution in [2.75, 3.05) is 6.61 Å². The van der Waals surface area contributed by atoms with Gasteiger partial charge in [-0.2, -0.15) is 8.42 Å². The van der Waals surface area contributed by atoms with Gasteiger partial charge in [0.15, 0.2) is 0 Å². The zero-order chi connectivity index (χ0) is 13.9. The van der Waals surface area contributed by atoms with Crippen LogP contribution in [0.4, 0.5) is 0 Å². The summed E-state index contributed by atoms with van der Waals surface area (Å²) in [6.07, 6.45) is 1.53. The van der Waals surface area contributed by atoms with Crippen LogP contribution in [0, 0.1) is 0 Å². The van der Waals surface area contributed by atoms with Crippen molar-refractivity contribution in [3.63, 3.8) is 0 Å². The first-order valence-electron chi connectivity index (χ1n) is 5.65. The van der Waals surface area contributed by atoms with Crippen molar-refractivity contribution in [1.82, 2.24) is 4.98 Å². The lowest BCUT2D eigenvalue weighted by Gasteiger charge is -2.09. The fourth-order valence-corrected chi connectivity index (χ4v) is 2.93. The molecule has 6 heteroatoms. The lowest BCUT2D eigenvalue weighted by molar-refractivity contribution is 0.338. The lowest BCUT2D eigenvalue weighted by Crippen LogP contribution is -2.07. The molecule has 0 saturated heterocycles. The van der Waals surface area contributed by atoms with E-state index in [1.54, 1.807) is 37.3 Å². The molecule has 0 aliphatic heterocycles. The monoisotopic (exact) mass is 297 g/mol. The van der Waals surface area contributed by atoms with Gasteiger partial charge in [-0.25, -0.2) is 4.98 Å². The summed E-state index contributed by atoms with van der Waals surface area (Å²) in [7, 11) is -3.76. The molecule has 2 rings (SSSR count). The zero-order valence-corrected chi connectivity index (χ0v) is 11.8. The molecule has 0 N–H and O–H groups in total. The van der Waals surface area contributed by atoms with Gasteiger partial charge in [0.2, 0.25) is 0 Å². The third kappa shape index (κ3) is 3.12. The molecule has 0 atom stereocenters. The Morgan fingerprint density at radius 2 is 1.95 bits per heavy atom. The van der Waals surface area contributed by atoms with Crippen LogP contribution in [0.1, 0.15) is 6.92 Å². The van der Waals surface area contributed by atoms with Crippen molar-refractivity contribution < 1.29 is 12.6 Å². The Morgan fingerprint density at radius 1 is 1.21 bits per heavy atom. The fourth-order valence-electron chi connectivity index (χ4n) is 1.68. The Bertz CT molecular complexity index is 669. The van der Waals surface area contributed by atoms with E-state index in [-0.39, 0.29) is 11.5 Å². The van der Waals surface area contributed by atoms with Crippen LogP contribution in [-0.4, -0.2) is 20.0 Å². The minimum absolute atomic E-state index is 0.0928. The Kier molecular flexibility index (Phi) is 4.19. The number of rotatable bonds is 4. The van der Waals surface area contributed by atoms with Crippen molar-refractivity contribution in [3.05, 3.63) is 47.7 Å². The maximum absolute atomic E-state index is 12.0. The zero-order valence-electron chi connectivity index (χ0n) is 10.2. The number of hydrogen-bond donors (Lipinski definition) is 0. The van der Waals surface area contributed by atoms with Gasteiger partial charge in [0.05, 0.1) is 6.61 Å². The van der Waals surface area contributed by atoms with Crippen LogP contribution in [-0.2, 0) is 14.3 Å². The van der Waals surface area contributed by atoms with E-state index in [0.717, 1.165) is 0 Å². The molecule has 19 heavy (non-hydrogen) atoms. The molecular weight excluding hydrogens is 286 g/mol. The Balaban J connectivity index is 2.56. The highest BCUT2D eigenvalue weighted by molar-refractivity contribution is 7.87. The van der Waals surface area contributed by atoms with Gasteiger partial charge < -0.3 is 0 Å². The van der Waals surface area contributed by atoms with Gasteiger partial charge in [-0.05, 0) is 25.1 Å². The van der Waals surface area contributed by atoms with E-state index in [0.29, 0.717) is 16.3 Å². The number of hydrogen-bond acceptors (Lipinski definition) is 4. The predicted octanol–water partition coefficient (Wildman–Crippen LogP) is 3.13. The van der Waals surface area contributed by atoms with Gasteiger partial charge in [0.1, 0.15) is 10.0 Å². The molecule has 0 spiro atoms. The first-order valence-corrected chi connectivity index (χ1v) is 7.43. The normalized spacial score (nSPS) is 11.5. The number of aromatic nitrogens is 1. The quantitative estimate of drug-likeness (QED) is 0.642. The topological polar surface area (TPSA) is 56.3 Å². The summed E-state index contributed by atoms with van der Waals surface area (Å²) in [5.74, 6) is 0. The van der Waals surface area contributed by atoms with Crippen molar-refractivity contribution in [1.29, 1.82) is 0 Å². The van der Waals surface area contributed by atoms with Crippen LogP contribution in [0.5, 0.6) is 0 Å². The highest BCUT2D eigenvalue weighted by Crippen LogP contribution is 2.28. The number of nitrogens with zero attached hydrogens (tertiary/aromatic N) is 1. The third-order valence-electron chi connectivity index (χ3n) is 2.47. The van der Waals surface area contributed by atoms with Crippen LogP contribution >= 0.6 is 11.6 Å². The van der Waals surface area contributed by atoms with Gasteiger partial charge in [-0.15, -0.1) is 0 Å². The molecule has 0 radical (unpaired) electrons. The van der Waals surface area contributed by atoms with E-state index >= 15 is 0 Å². The van der Waals surface area contributed by atoms with Gasteiger partial charge >= 0.3 is 0 Å². The second-order valence-electron chi connectivity index (χ2n) is 3.73. The summed E-state index contributed by atoms with van der Waals surface area (Å²) < 4.78 is 28.9. The summed E-state index contributed by atoms with van der Waals surface area (Å²) in [5, 5.41) is 0.355. The smallest absolute Gasteiger partial charge is 0.267 e. The van der Waals surface area contributed by atoms with E-state index in [9.17, 15) is 8.42 Å². The molecule has 0 saturated carbocycles. The molecule has 0 unspecified atom stereocenters. The van der Waals surface area contributed by atoms with Crippen LogP contribution in [0.15, 0.2) is 47.5 Å². The second kappa shape index (κ2) is 5.69. The molecule has 100 valence electrons. The SMILES string of the molecule is CCOS(=O)(=O)c1ccccc1-c1ccc(Cl)nc1. The van der Waals surface area contributed by atoms with E-state index in [1.165, 1.54) is 12.3 Å². The van der Waals surface area contributed by atoms with Crippen LogP contribution in [0.2, 0.25) is 5.15 Å². The van der Waals surface area contributed by atoms with Crippen molar-refractivity contribution in [2.45, 2.75) is 11.8 Å². The first-order chi connectivity index (χ1) is 9.04.